The minimum atomic E-state index is -4.11. The highest BCUT2D eigenvalue weighted by Crippen LogP contribution is 2.27. The van der Waals surface area contributed by atoms with Crippen molar-refractivity contribution in [3.63, 3.8) is 0 Å². The van der Waals surface area contributed by atoms with E-state index >= 15 is 0 Å². The molecule has 4 rings (SSSR count). The number of carbonyl (C=O) groups excluding carboxylic acids is 2. The molecule has 0 unspecified atom stereocenters. The zero-order chi connectivity index (χ0) is 30.3. The van der Waals surface area contributed by atoms with E-state index in [4.69, 9.17) is 4.74 Å². The van der Waals surface area contributed by atoms with Crippen LogP contribution in [-0.4, -0.2) is 50.9 Å². The van der Waals surface area contributed by atoms with Crippen molar-refractivity contribution in [1.29, 1.82) is 0 Å². The summed E-state index contributed by atoms with van der Waals surface area (Å²) in [6, 6.07) is 19.8. The summed E-state index contributed by atoms with van der Waals surface area (Å²) < 4.78 is 35.0. The number of aryl methyl sites for hydroxylation is 1. The topological polar surface area (TPSA) is 96.0 Å². The molecule has 1 N–H and O–H groups in total. The van der Waals surface area contributed by atoms with E-state index in [1.54, 1.807) is 62.6 Å². The number of hydrogen-bond acceptors (Lipinski definition) is 5. The smallest absolute Gasteiger partial charge is 0.264 e. The van der Waals surface area contributed by atoms with E-state index in [0.29, 0.717) is 11.4 Å². The number of halogens is 1. The molecule has 42 heavy (non-hydrogen) atoms. The minimum absolute atomic E-state index is 0.0767. The van der Waals surface area contributed by atoms with Gasteiger partial charge in [-0.2, -0.15) is 0 Å². The van der Waals surface area contributed by atoms with Gasteiger partial charge in [0.25, 0.3) is 10.0 Å². The summed E-state index contributed by atoms with van der Waals surface area (Å²) in [6.07, 6.45) is 5.11. The SMILES string of the molecule is COc1ccc(CN(C(=O)CN(c2ccc(Br)cc2)S(=O)(=O)c2ccc(C)cc2)[C@H](C)C(=O)NC2CCCCC2)cc1. The second kappa shape index (κ2) is 14.2. The normalized spacial score (nSPS) is 14.6. The third kappa shape index (κ3) is 7.92. The molecule has 1 saturated carbocycles. The summed E-state index contributed by atoms with van der Waals surface area (Å²) >= 11 is 3.40. The Kier molecular flexibility index (Phi) is 10.7. The highest BCUT2D eigenvalue weighted by atomic mass is 79.9. The van der Waals surface area contributed by atoms with Gasteiger partial charge in [0.05, 0.1) is 17.7 Å². The van der Waals surface area contributed by atoms with Gasteiger partial charge in [-0.05, 0) is 80.8 Å². The number of benzene rings is 3. The van der Waals surface area contributed by atoms with Crippen LogP contribution < -0.4 is 14.4 Å². The number of nitrogens with zero attached hydrogens (tertiary/aromatic N) is 2. The van der Waals surface area contributed by atoms with E-state index in [2.05, 4.69) is 21.2 Å². The first kappa shape index (κ1) is 31.6. The van der Waals surface area contributed by atoms with E-state index < -0.39 is 28.5 Å². The molecule has 0 bridgehead atoms. The van der Waals surface area contributed by atoms with E-state index in [-0.39, 0.29) is 23.4 Å². The molecule has 1 aliphatic carbocycles. The van der Waals surface area contributed by atoms with Gasteiger partial charge >= 0.3 is 0 Å². The number of methoxy groups -OCH3 is 1. The second-order valence-corrected chi connectivity index (χ2v) is 13.5. The molecular formula is C32H38BrN3O5S. The predicted molar refractivity (Wildman–Crippen MR) is 168 cm³/mol. The Morgan fingerprint density at radius 3 is 2.17 bits per heavy atom. The maximum atomic E-state index is 14.1. The fourth-order valence-electron chi connectivity index (χ4n) is 5.05. The van der Waals surface area contributed by atoms with Crippen LogP contribution in [0.15, 0.2) is 82.2 Å². The number of hydrogen-bond donors (Lipinski definition) is 1. The summed E-state index contributed by atoms with van der Waals surface area (Å²) in [4.78, 5) is 29.1. The van der Waals surface area contributed by atoms with Crippen molar-refractivity contribution in [3.05, 3.63) is 88.4 Å². The van der Waals surface area contributed by atoms with Crippen LogP contribution in [0.25, 0.3) is 0 Å². The number of rotatable bonds is 11. The zero-order valence-corrected chi connectivity index (χ0v) is 26.7. The van der Waals surface area contributed by atoms with Crippen molar-refractivity contribution in [2.24, 2.45) is 0 Å². The van der Waals surface area contributed by atoms with E-state index in [0.717, 1.165) is 52.0 Å². The van der Waals surface area contributed by atoms with Crippen LogP contribution in [0.1, 0.15) is 50.2 Å². The molecule has 0 aliphatic heterocycles. The molecule has 0 radical (unpaired) electrons. The maximum Gasteiger partial charge on any atom is 0.264 e. The predicted octanol–water partition coefficient (Wildman–Crippen LogP) is 5.83. The molecule has 0 saturated heterocycles. The molecule has 8 nitrogen and oxygen atoms in total. The van der Waals surface area contributed by atoms with Crippen LogP contribution in [0.3, 0.4) is 0 Å². The van der Waals surface area contributed by atoms with E-state index in [9.17, 15) is 18.0 Å². The molecule has 10 heteroatoms. The van der Waals surface area contributed by atoms with Gasteiger partial charge in [-0.15, -0.1) is 0 Å². The Morgan fingerprint density at radius 2 is 1.57 bits per heavy atom. The first-order valence-electron chi connectivity index (χ1n) is 14.2. The molecule has 2 amide bonds. The van der Waals surface area contributed by atoms with Gasteiger partial charge < -0.3 is 15.0 Å². The van der Waals surface area contributed by atoms with Crippen molar-refractivity contribution in [2.75, 3.05) is 18.0 Å². The standard InChI is InChI=1S/C32H38BrN3O5S/c1-23-9-19-30(20-10-23)42(39,40)36(28-15-13-26(33)14-16-28)22-31(37)35(21-25-11-17-29(41-3)18-12-25)24(2)32(38)34-27-7-5-4-6-8-27/h9-20,24,27H,4-8,21-22H2,1-3H3,(H,34,38)/t24-/m1/s1. The van der Waals surface area contributed by atoms with Crippen molar-refractivity contribution in [1.82, 2.24) is 10.2 Å². The number of ether oxygens (including phenoxy) is 1. The molecule has 1 atom stereocenters. The first-order chi connectivity index (χ1) is 20.1. The highest BCUT2D eigenvalue weighted by molar-refractivity contribution is 9.10. The Labute approximate surface area is 257 Å². The largest absolute Gasteiger partial charge is 0.497 e. The number of amides is 2. The lowest BCUT2D eigenvalue weighted by Crippen LogP contribution is -2.53. The van der Waals surface area contributed by atoms with Gasteiger partial charge in [0.2, 0.25) is 11.8 Å². The average molecular weight is 657 g/mol. The van der Waals surface area contributed by atoms with Crippen LogP contribution in [-0.2, 0) is 26.2 Å². The first-order valence-corrected chi connectivity index (χ1v) is 16.4. The summed E-state index contributed by atoms with van der Waals surface area (Å²) in [6.45, 7) is 3.22. The van der Waals surface area contributed by atoms with Crippen LogP contribution in [0.4, 0.5) is 5.69 Å². The van der Waals surface area contributed by atoms with E-state index in [1.165, 1.54) is 17.0 Å². The third-order valence-electron chi connectivity index (χ3n) is 7.63. The second-order valence-electron chi connectivity index (χ2n) is 10.7. The van der Waals surface area contributed by atoms with Gasteiger partial charge in [-0.25, -0.2) is 8.42 Å². The quantitative estimate of drug-likeness (QED) is 0.281. The molecule has 3 aromatic rings. The van der Waals surface area contributed by atoms with Crippen LogP contribution in [0.5, 0.6) is 5.75 Å². The average Bonchev–Trinajstić information content (AvgIpc) is 2.99. The number of sulfonamides is 1. The lowest BCUT2D eigenvalue weighted by Gasteiger charge is -2.33. The minimum Gasteiger partial charge on any atom is -0.497 e. The Morgan fingerprint density at radius 1 is 0.952 bits per heavy atom. The fraction of sp³-hybridized carbons (Fsp3) is 0.375. The molecule has 1 fully saturated rings. The summed E-state index contributed by atoms with van der Waals surface area (Å²) in [7, 11) is -2.53. The van der Waals surface area contributed by atoms with Gasteiger partial charge in [-0.1, -0.05) is 65.0 Å². The molecule has 0 spiro atoms. The van der Waals surface area contributed by atoms with Crippen LogP contribution >= 0.6 is 15.9 Å². The van der Waals surface area contributed by atoms with E-state index in [1.807, 2.05) is 19.1 Å². The number of anilines is 1. The monoisotopic (exact) mass is 655 g/mol. The van der Waals surface area contributed by atoms with Crippen molar-refractivity contribution < 1.29 is 22.7 Å². The molecule has 1 aliphatic rings. The van der Waals surface area contributed by atoms with Gasteiger partial charge in [0.15, 0.2) is 0 Å². The summed E-state index contributed by atoms with van der Waals surface area (Å²) in [5, 5.41) is 3.12. The van der Waals surface area contributed by atoms with Crippen LogP contribution in [0.2, 0.25) is 0 Å². The zero-order valence-electron chi connectivity index (χ0n) is 24.3. The van der Waals surface area contributed by atoms with Crippen molar-refractivity contribution in [3.8, 4) is 5.75 Å². The number of nitrogens with one attached hydrogen (secondary N) is 1. The third-order valence-corrected chi connectivity index (χ3v) is 9.95. The van der Waals surface area contributed by atoms with Crippen molar-refractivity contribution >= 4 is 43.5 Å². The molecule has 0 heterocycles. The Hall–Kier alpha value is -3.37. The van der Waals surface area contributed by atoms with Gasteiger partial charge in [-0.3, -0.25) is 13.9 Å². The molecule has 3 aromatic carbocycles. The summed E-state index contributed by atoms with van der Waals surface area (Å²) in [5.74, 6) is -0.0682. The maximum absolute atomic E-state index is 14.1. The summed E-state index contributed by atoms with van der Waals surface area (Å²) in [5.41, 5.74) is 2.05. The lowest BCUT2D eigenvalue weighted by molar-refractivity contribution is -0.139. The van der Waals surface area contributed by atoms with Crippen molar-refractivity contribution in [2.45, 2.75) is 69.5 Å². The Balaban J connectivity index is 1.66. The number of carbonyl (C=O) groups is 2. The Bertz CT molecular complexity index is 1460. The fourth-order valence-corrected chi connectivity index (χ4v) is 6.73. The van der Waals surface area contributed by atoms with Gasteiger partial charge in [0.1, 0.15) is 18.3 Å². The highest BCUT2D eigenvalue weighted by Gasteiger charge is 2.33. The van der Waals surface area contributed by atoms with Gasteiger partial charge in [0, 0.05) is 17.1 Å². The molecule has 0 aromatic heterocycles. The lowest BCUT2D eigenvalue weighted by atomic mass is 9.95. The molecule has 224 valence electrons. The molecular weight excluding hydrogens is 618 g/mol. The van der Waals surface area contributed by atoms with Crippen LogP contribution in [0, 0.1) is 6.92 Å².